The molecular weight excluding hydrogens is 229 g/mol. The molecule has 18 heavy (non-hydrogen) atoms. The summed E-state index contributed by atoms with van der Waals surface area (Å²) in [5.41, 5.74) is -0.481. The van der Waals surface area contributed by atoms with Gasteiger partial charge in [0, 0.05) is 31.0 Å². The van der Waals surface area contributed by atoms with E-state index >= 15 is 0 Å². The number of ether oxygens (including phenoxy) is 1. The summed E-state index contributed by atoms with van der Waals surface area (Å²) >= 11 is 0. The van der Waals surface area contributed by atoms with Crippen LogP contribution < -0.4 is 0 Å². The van der Waals surface area contributed by atoms with Crippen LogP contribution in [-0.4, -0.2) is 42.9 Å². The summed E-state index contributed by atoms with van der Waals surface area (Å²) < 4.78 is 19.8. The van der Waals surface area contributed by atoms with Crippen LogP contribution >= 0.6 is 0 Å². The maximum atomic E-state index is 14.0. The number of hydrogen-bond donors (Lipinski definition) is 0. The quantitative estimate of drug-likeness (QED) is 0.749. The number of rotatable bonds is 5. The van der Waals surface area contributed by atoms with Crippen molar-refractivity contribution >= 4 is 0 Å². The van der Waals surface area contributed by atoms with Crippen molar-refractivity contribution in [3.63, 3.8) is 0 Å². The van der Waals surface area contributed by atoms with Gasteiger partial charge in [0.2, 0.25) is 0 Å². The van der Waals surface area contributed by atoms with Gasteiger partial charge in [-0.25, -0.2) is 4.39 Å². The molecule has 1 aliphatic heterocycles. The van der Waals surface area contributed by atoms with Crippen molar-refractivity contribution in [2.24, 2.45) is 17.3 Å². The number of fused-ring (bicyclic) bond motifs is 1. The lowest BCUT2D eigenvalue weighted by molar-refractivity contribution is -0.0282. The molecule has 0 N–H and O–H groups in total. The molecule has 1 saturated heterocycles. The summed E-state index contributed by atoms with van der Waals surface area (Å²) in [6.07, 6.45) is 3.69. The molecule has 2 nitrogen and oxygen atoms in total. The second kappa shape index (κ2) is 4.17. The van der Waals surface area contributed by atoms with E-state index < -0.39 is 5.67 Å². The van der Waals surface area contributed by atoms with Crippen LogP contribution in [-0.2, 0) is 4.74 Å². The topological polar surface area (TPSA) is 12.5 Å². The van der Waals surface area contributed by atoms with E-state index in [1.165, 1.54) is 12.8 Å². The smallest absolute Gasteiger partial charge is 0.113 e. The number of likely N-dealkylation sites (tertiary alicyclic amines) is 1. The first-order valence-electron chi connectivity index (χ1n) is 7.43. The zero-order valence-electron chi connectivity index (χ0n) is 11.9. The van der Waals surface area contributed by atoms with E-state index in [1.807, 2.05) is 0 Å². The van der Waals surface area contributed by atoms with Crippen molar-refractivity contribution in [2.45, 2.75) is 51.8 Å². The lowest BCUT2D eigenvalue weighted by Crippen LogP contribution is -2.47. The first-order valence-corrected chi connectivity index (χ1v) is 7.43. The van der Waals surface area contributed by atoms with Gasteiger partial charge in [-0.15, -0.1) is 0 Å². The molecule has 0 spiro atoms. The second-order valence-electron chi connectivity index (χ2n) is 7.40. The van der Waals surface area contributed by atoms with Crippen LogP contribution in [0.5, 0.6) is 0 Å². The Balaban J connectivity index is 1.50. The van der Waals surface area contributed by atoms with Crippen molar-refractivity contribution in [2.75, 3.05) is 26.2 Å². The lowest BCUT2D eigenvalue weighted by atomic mass is 9.65. The van der Waals surface area contributed by atoms with Crippen molar-refractivity contribution in [1.82, 2.24) is 4.90 Å². The third-order valence-electron chi connectivity index (χ3n) is 5.19. The molecule has 0 amide bonds. The molecular formula is C15H26FNO. The summed E-state index contributed by atoms with van der Waals surface area (Å²) in [6, 6.07) is 0. The maximum Gasteiger partial charge on any atom is 0.113 e. The maximum absolute atomic E-state index is 14.0. The van der Waals surface area contributed by atoms with E-state index in [2.05, 4.69) is 18.7 Å². The van der Waals surface area contributed by atoms with Gasteiger partial charge < -0.3 is 9.64 Å². The predicted molar refractivity (Wildman–Crippen MR) is 70.3 cm³/mol. The highest BCUT2D eigenvalue weighted by Gasteiger charge is 2.57. The minimum Gasteiger partial charge on any atom is -0.378 e. The standard InChI is InChI=1S/C15H26FNO/c1-11(2)18-10-15(4-5-15)9-17-7-12-6-14(3,16)13(12)8-17/h11-13H,4-10H2,1-3H3. The van der Waals surface area contributed by atoms with E-state index in [4.69, 9.17) is 4.74 Å². The Bertz CT molecular complexity index is 324. The third-order valence-corrected chi connectivity index (χ3v) is 5.19. The van der Waals surface area contributed by atoms with Crippen LogP contribution in [0, 0.1) is 17.3 Å². The van der Waals surface area contributed by atoms with E-state index in [1.54, 1.807) is 6.92 Å². The molecule has 3 aliphatic rings. The molecule has 3 unspecified atom stereocenters. The third kappa shape index (κ3) is 2.32. The highest BCUT2D eigenvalue weighted by molar-refractivity contribution is 5.07. The Kier molecular flexibility index (Phi) is 2.98. The van der Waals surface area contributed by atoms with Gasteiger partial charge >= 0.3 is 0 Å². The normalized spacial score (nSPS) is 41.8. The van der Waals surface area contributed by atoms with Crippen molar-refractivity contribution < 1.29 is 9.13 Å². The first-order chi connectivity index (χ1) is 8.40. The van der Waals surface area contributed by atoms with Crippen molar-refractivity contribution in [3.8, 4) is 0 Å². The molecule has 3 fully saturated rings. The predicted octanol–water partition coefficient (Wildman–Crippen LogP) is 2.87. The Labute approximate surface area is 110 Å². The van der Waals surface area contributed by atoms with Crippen LogP contribution in [0.4, 0.5) is 4.39 Å². The Morgan fingerprint density at radius 1 is 1.33 bits per heavy atom. The SMILES string of the molecule is CC(C)OCC1(CN2CC3CC(C)(F)C3C2)CC1. The summed E-state index contributed by atoms with van der Waals surface area (Å²) in [5, 5.41) is 0. The van der Waals surface area contributed by atoms with E-state index in [0.717, 1.165) is 32.7 Å². The summed E-state index contributed by atoms with van der Waals surface area (Å²) in [7, 11) is 0. The van der Waals surface area contributed by atoms with Crippen molar-refractivity contribution in [3.05, 3.63) is 0 Å². The van der Waals surface area contributed by atoms with Crippen LogP contribution in [0.15, 0.2) is 0 Å². The van der Waals surface area contributed by atoms with E-state index in [-0.39, 0.29) is 0 Å². The van der Waals surface area contributed by atoms with Gasteiger partial charge in [0.05, 0.1) is 12.7 Å². The number of alkyl halides is 1. The molecule has 3 atom stereocenters. The molecule has 0 bridgehead atoms. The van der Waals surface area contributed by atoms with Gasteiger partial charge in [-0.1, -0.05) is 0 Å². The van der Waals surface area contributed by atoms with Gasteiger partial charge in [-0.3, -0.25) is 0 Å². The van der Waals surface area contributed by atoms with Crippen LogP contribution in [0.3, 0.4) is 0 Å². The summed E-state index contributed by atoms with van der Waals surface area (Å²) in [6.45, 7) is 10.1. The van der Waals surface area contributed by atoms with Gasteiger partial charge in [-0.2, -0.15) is 0 Å². The average Bonchev–Trinajstić information content (AvgIpc) is 2.94. The second-order valence-corrected chi connectivity index (χ2v) is 7.40. The lowest BCUT2D eigenvalue weighted by Gasteiger charge is -2.43. The molecule has 0 aromatic carbocycles. The Hall–Kier alpha value is -0.150. The fourth-order valence-corrected chi connectivity index (χ4v) is 3.82. The zero-order chi connectivity index (χ0) is 13.0. The Morgan fingerprint density at radius 3 is 2.56 bits per heavy atom. The zero-order valence-corrected chi connectivity index (χ0v) is 11.9. The molecule has 3 rings (SSSR count). The largest absolute Gasteiger partial charge is 0.378 e. The van der Waals surface area contributed by atoms with Crippen LogP contribution in [0.2, 0.25) is 0 Å². The van der Waals surface area contributed by atoms with Gasteiger partial charge in [0.25, 0.3) is 0 Å². The van der Waals surface area contributed by atoms with Gasteiger partial charge in [0.1, 0.15) is 5.67 Å². The number of nitrogens with zero attached hydrogens (tertiary/aromatic N) is 1. The number of halogens is 1. The monoisotopic (exact) mass is 255 g/mol. The minimum atomic E-state index is -0.884. The highest BCUT2D eigenvalue weighted by Crippen LogP contribution is 2.53. The van der Waals surface area contributed by atoms with Gasteiger partial charge in [0.15, 0.2) is 0 Å². The van der Waals surface area contributed by atoms with E-state index in [9.17, 15) is 4.39 Å². The molecule has 3 heteroatoms. The average molecular weight is 255 g/mol. The molecule has 2 aliphatic carbocycles. The summed E-state index contributed by atoms with van der Waals surface area (Å²) in [5.74, 6) is 0.932. The summed E-state index contributed by atoms with van der Waals surface area (Å²) in [4.78, 5) is 2.50. The van der Waals surface area contributed by atoms with Gasteiger partial charge in [-0.05, 0) is 46.0 Å². The molecule has 0 aromatic heterocycles. The minimum absolute atomic E-state index is 0.305. The molecule has 2 saturated carbocycles. The molecule has 0 radical (unpaired) electrons. The van der Waals surface area contributed by atoms with Crippen molar-refractivity contribution in [1.29, 1.82) is 0 Å². The molecule has 104 valence electrons. The Morgan fingerprint density at radius 2 is 2.06 bits per heavy atom. The van der Waals surface area contributed by atoms with Crippen LogP contribution in [0.1, 0.15) is 40.0 Å². The number of hydrogen-bond acceptors (Lipinski definition) is 2. The van der Waals surface area contributed by atoms with Crippen LogP contribution in [0.25, 0.3) is 0 Å². The molecule has 1 heterocycles. The highest BCUT2D eigenvalue weighted by atomic mass is 19.1. The fraction of sp³-hybridized carbons (Fsp3) is 1.00. The first kappa shape index (κ1) is 12.9. The fourth-order valence-electron chi connectivity index (χ4n) is 3.82. The molecule has 0 aromatic rings. The van der Waals surface area contributed by atoms with E-state index in [0.29, 0.717) is 23.4 Å².